The molecule has 1 saturated heterocycles. The van der Waals surface area contributed by atoms with Crippen molar-refractivity contribution in [2.75, 3.05) is 18.8 Å². The fourth-order valence-corrected chi connectivity index (χ4v) is 4.06. The Morgan fingerprint density at radius 1 is 1.39 bits per heavy atom. The van der Waals surface area contributed by atoms with Crippen molar-refractivity contribution in [2.24, 2.45) is 11.7 Å². The van der Waals surface area contributed by atoms with E-state index in [0.29, 0.717) is 19.5 Å². The number of nitrogens with zero attached hydrogens (tertiary/aromatic N) is 1. The van der Waals surface area contributed by atoms with Gasteiger partial charge in [-0.05, 0) is 32.2 Å². The van der Waals surface area contributed by atoms with Crippen LogP contribution in [0.25, 0.3) is 0 Å². The zero-order valence-corrected chi connectivity index (χ0v) is 11.1. The largest absolute Gasteiger partial charge is 0.389 e. The molecule has 8 heteroatoms. The number of rotatable bonds is 5. The second-order valence-electron chi connectivity index (χ2n) is 4.79. The van der Waals surface area contributed by atoms with E-state index in [0.717, 1.165) is 0 Å². The Labute approximate surface area is 105 Å². The summed E-state index contributed by atoms with van der Waals surface area (Å²) in [5, 5.41) is 0. The molecule has 0 bridgehead atoms. The molecule has 18 heavy (non-hydrogen) atoms. The molecule has 108 valence electrons. The highest BCUT2D eigenvalue weighted by atomic mass is 32.2. The summed E-state index contributed by atoms with van der Waals surface area (Å²) in [6.45, 7) is 2.49. The van der Waals surface area contributed by atoms with Crippen LogP contribution < -0.4 is 5.73 Å². The molecule has 1 aliphatic heterocycles. The summed E-state index contributed by atoms with van der Waals surface area (Å²) in [7, 11) is -3.60. The molecule has 2 atom stereocenters. The molecule has 1 fully saturated rings. The van der Waals surface area contributed by atoms with Crippen LogP contribution in [-0.4, -0.2) is 43.8 Å². The van der Waals surface area contributed by atoms with E-state index in [9.17, 15) is 21.6 Å². The van der Waals surface area contributed by atoms with Crippen molar-refractivity contribution in [2.45, 2.75) is 38.4 Å². The highest BCUT2D eigenvalue weighted by Gasteiger charge is 2.36. The van der Waals surface area contributed by atoms with Gasteiger partial charge in [-0.3, -0.25) is 0 Å². The van der Waals surface area contributed by atoms with Crippen LogP contribution in [0.1, 0.15) is 26.2 Å². The first-order valence-corrected chi connectivity index (χ1v) is 7.53. The summed E-state index contributed by atoms with van der Waals surface area (Å²) in [6.07, 6.45) is -5.07. The van der Waals surface area contributed by atoms with Gasteiger partial charge in [-0.15, -0.1) is 0 Å². The lowest BCUT2D eigenvalue weighted by atomic mass is 10.1. The van der Waals surface area contributed by atoms with Crippen molar-refractivity contribution < 1.29 is 21.6 Å². The summed E-state index contributed by atoms with van der Waals surface area (Å²) in [4.78, 5) is 0. The average molecular weight is 288 g/mol. The average Bonchev–Trinajstić information content (AvgIpc) is 2.58. The number of hydrogen-bond donors (Lipinski definition) is 1. The zero-order chi connectivity index (χ0) is 14.0. The van der Waals surface area contributed by atoms with Crippen LogP contribution in [0.4, 0.5) is 13.2 Å². The van der Waals surface area contributed by atoms with Crippen molar-refractivity contribution in [3.63, 3.8) is 0 Å². The Hall–Kier alpha value is -0.340. The van der Waals surface area contributed by atoms with Crippen LogP contribution in [0.3, 0.4) is 0 Å². The first kappa shape index (κ1) is 15.7. The monoisotopic (exact) mass is 288 g/mol. The van der Waals surface area contributed by atoms with Crippen molar-refractivity contribution in [3.05, 3.63) is 0 Å². The maximum Gasteiger partial charge on any atom is 0.389 e. The minimum Gasteiger partial charge on any atom is -0.330 e. The third-order valence-corrected chi connectivity index (χ3v) is 5.19. The molecule has 0 aromatic carbocycles. The van der Waals surface area contributed by atoms with Gasteiger partial charge in [0.1, 0.15) is 0 Å². The summed E-state index contributed by atoms with van der Waals surface area (Å²) < 4.78 is 61.0. The van der Waals surface area contributed by atoms with Gasteiger partial charge >= 0.3 is 6.18 Å². The SMILES string of the molecule is CC1CC(CN)CN1S(=O)(=O)CCCC(F)(F)F. The first-order valence-electron chi connectivity index (χ1n) is 5.92. The van der Waals surface area contributed by atoms with Gasteiger partial charge < -0.3 is 5.73 Å². The van der Waals surface area contributed by atoms with Gasteiger partial charge in [-0.25, -0.2) is 8.42 Å². The van der Waals surface area contributed by atoms with E-state index in [1.165, 1.54) is 4.31 Å². The van der Waals surface area contributed by atoms with Gasteiger partial charge in [-0.1, -0.05) is 0 Å². The summed E-state index contributed by atoms with van der Waals surface area (Å²) >= 11 is 0. The summed E-state index contributed by atoms with van der Waals surface area (Å²) in [6, 6.07) is -0.172. The Balaban J connectivity index is 2.54. The maximum absolute atomic E-state index is 12.0. The van der Waals surface area contributed by atoms with E-state index < -0.39 is 28.4 Å². The quantitative estimate of drug-likeness (QED) is 0.830. The van der Waals surface area contributed by atoms with E-state index in [4.69, 9.17) is 5.73 Å². The van der Waals surface area contributed by atoms with Crippen LogP contribution >= 0.6 is 0 Å². The fourth-order valence-electron chi connectivity index (χ4n) is 2.24. The maximum atomic E-state index is 12.0. The van der Waals surface area contributed by atoms with Gasteiger partial charge in [0.2, 0.25) is 10.0 Å². The Morgan fingerprint density at radius 2 is 2.00 bits per heavy atom. The van der Waals surface area contributed by atoms with Crippen molar-refractivity contribution in [1.29, 1.82) is 0 Å². The predicted molar refractivity (Wildman–Crippen MR) is 62.4 cm³/mol. The molecule has 2 unspecified atom stereocenters. The van der Waals surface area contributed by atoms with Crippen molar-refractivity contribution in [3.8, 4) is 0 Å². The van der Waals surface area contributed by atoms with Crippen molar-refractivity contribution >= 4 is 10.0 Å². The lowest BCUT2D eigenvalue weighted by Crippen LogP contribution is -2.36. The van der Waals surface area contributed by atoms with Gasteiger partial charge in [0.05, 0.1) is 5.75 Å². The topological polar surface area (TPSA) is 63.4 Å². The molecule has 0 aromatic heterocycles. The number of hydrogen-bond acceptors (Lipinski definition) is 3. The van der Waals surface area contributed by atoms with Crippen molar-refractivity contribution in [1.82, 2.24) is 4.31 Å². The smallest absolute Gasteiger partial charge is 0.330 e. The Morgan fingerprint density at radius 3 is 2.44 bits per heavy atom. The zero-order valence-electron chi connectivity index (χ0n) is 10.3. The lowest BCUT2D eigenvalue weighted by molar-refractivity contribution is -0.134. The molecule has 0 amide bonds. The van der Waals surface area contributed by atoms with Crippen LogP contribution in [0.2, 0.25) is 0 Å². The number of halogens is 3. The van der Waals surface area contributed by atoms with Crippen LogP contribution in [-0.2, 0) is 10.0 Å². The number of sulfonamides is 1. The third-order valence-electron chi connectivity index (χ3n) is 3.16. The minimum atomic E-state index is -4.30. The van der Waals surface area contributed by atoms with Gasteiger partial charge in [-0.2, -0.15) is 17.5 Å². The minimum absolute atomic E-state index is 0.109. The van der Waals surface area contributed by atoms with E-state index in [1.54, 1.807) is 6.92 Å². The molecule has 0 aliphatic carbocycles. The molecule has 0 saturated carbocycles. The summed E-state index contributed by atoms with van der Waals surface area (Å²) in [5.74, 6) is -0.342. The second kappa shape index (κ2) is 5.75. The molecule has 1 rings (SSSR count). The van der Waals surface area contributed by atoms with Gasteiger partial charge in [0, 0.05) is 19.0 Å². The molecular formula is C10H19F3N2O2S. The first-order chi connectivity index (χ1) is 8.15. The summed E-state index contributed by atoms with van der Waals surface area (Å²) in [5.41, 5.74) is 5.49. The fraction of sp³-hybridized carbons (Fsp3) is 1.00. The third kappa shape index (κ3) is 4.40. The second-order valence-corrected chi connectivity index (χ2v) is 6.83. The standard InChI is InChI=1S/C10H19F3N2O2S/c1-8-5-9(6-14)7-15(8)18(16,17)4-2-3-10(11,12)13/h8-9H,2-7,14H2,1H3. The van der Waals surface area contributed by atoms with E-state index in [1.807, 2.05) is 0 Å². The molecule has 0 radical (unpaired) electrons. The highest BCUT2D eigenvalue weighted by Crippen LogP contribution is 2.27. The van der Waals surface area contributed by atoms with Crippen LogP contribution in [0, 0.1) is 5.92 Å². The van der Waals surface area contributed by atoms with Gasteiger partial charge in [0.25, 0.3) is 0 Å². The Bertz CT molecular complexity index is 370. The number of alkyl halides is 3. The number of nitrogens with two attached hydrogens (primary N) is 1. The molecule has 4 nitrogen and oxygen atoms in total. The molecule has 2 N–H and O–H groups in total. The van der Waals surface area contributed by atoms with E-state index >= 15 is 0 Å². The van der Waals surface area contributed by atoms with E-state index in [2.05, 4.69) is 0 Å². The highest BCUT2D eigenvalue weighted by molar-refractivity contribution is 7.89. The predicted octanol–water partition coefficient (Wildman–Crippen LogP) is 1.33. The Kier molecular flexibility index (Phi) is 5.02. The molecule has 1 aliphatic rings. The molecule has 0 aromatic rings. The molecule has 1 heterocycles. The normalized spacial score (nSPS) is 26.7. The van der Waals surface area contributed by atoms with Gasteiger partial charge in [0.15, 0.2) is 0 Å². The molecule has 0 spiro atoms. The lowest BCUT2D eigenvalue weighted by Gasteiger charge is -2.21. The van der Waals surface area contributed by atoms with Crippen LogP contribution in [0.5, 0.6) is 0 Å². The molecular weight excluding hydrogens is 269 g/mol. The van der Waals surface area contributed by atoms with Crippen LogP contribution in [0.15, 0.2) is 0 Å². The van der Waals surface area contributed by atoms with E-state index in [-0.39, 0.29) is 18.4 Å².